The van der Waals surface area contributed by atoms with E-state index < -0.39 is 23.4 Å². The number of rotatable bonds is 5. The van der Waals surface area contributed by atoms with Crippen molar-refractivity contribution in [3.05, 3.63) is 11.6 Å². The van der Waals surface area contributed by atoms with Crippen LogP contribution in [0.1, 0.15) is 98.8 Å². The van der Waals surface area contributed by atoms with Crippen molar-refractivity contribution in [1.29, 1.82) is 0 Å². The molecule has 3 aliphatic rings. The van der Waals surface area contributed by atoms with Crippen molar-refractivity contribution in [1.82, 2.24) is 0 Å². The molecule has 0 spiro atoms. The number of aliphatic hydroxyl groups is 4. The molecule has 2 fully saturated rings. The number of ketones is 1. The van der Waals surface area contributed by atoms with E-state index in [-0.39, 0.29) is 29.0 Å². The van der Waals surface area contributed by atoms with Gasteiger partial charge in [-0.15, -0.1) is 0 Å². The highest BCUT2D eigenvalue weighted by Gasteiger charge is 2.54. The second-order valence-electron chi connectivity index (χ2n) is 12.3. The van der Waals surface area contributed by atoms with E-state index in [1.807, 2.05) is 27.7 Å². The van der Waals surface area contributed by atoms with Crippen molar-refractivity contribution in [2.24, 2.45) is 29.1 Å². The molecule has 0 aromatic carbocycles. The lowest BCUT2D eigenvalue weighted by Gasteiger charge is -2.50. The molecule has 0 aromatic rings. The molecular weight excluding hydrogens is 404 g/mol. The summed E-state index contributed by atoms with van der Waals surface area (Å²) in [5.41, 5.74) is -0.315. The van der Waals surface area contributed by atoms with E-state index in [0.29, 0.717) is 38.0 Å². The van der Waals surface area contributed by atoms with Gasteiger partial charge in [0.15, 0.2) is 0 Å². The van der Waals surface area contributed by atoms with Crippen molar-refractivity contribution in [2.75, 3.05) is 0 Å². The molecule has 0 saturated heterocycles. The molecule has 8 atom stereocenters. The lowest BCUT2D eigenvalue weighted by atomic mass is 9.55. The number of fused-ring (bicyclic) bond motifs is 3. The Morgan fingerprint density at radius 1 is 1.06 bits per heavy atom. The quantitative estimate of drug-likeness (QED) is 0.472. The smallest absolute Gasteiger partial charge is 0.136 e. The van der Waals surface area contributed by atoms with Crippen LogP contribution in [0, 0.1) is 29.1 Å². The zero-order chi connectivity index (χ0) is 23.9. The second kappa shape index (κ2) is 9.48. The Kier molecular flexibility index (Phi) is 7.66. The van der Waals surface area contributed by atoms with E-state index >= 15 is 0 Å². The van der Waals surface area contributed by atoms with Crippen molar-refractivity contribution in [3.8, 4) is 0 Å². The van der Waals surface area contributed by atoms with Crippen molar-refractivity contribution in [3.63, 3.8) is 0 Å². The van der Waals surface area contributed by atoms with Gasteiger partial charge in [-0.25, -0.2) is 0 Å². The highest BCUT2D eigenvalue weighted by atomic mass is 16.3. The Balaban J connectivity index is 1.79. The van der Waals surface area contributed by atoms with E-state index in [9.17, 15) is 25.2 Å². The average molecular weight is 451 g/mol. The van der Waals surface area contributed by atoms with E-state index in [1.165, 1.54) is 5.57 Å². The van der Waals surface area contributed by atoms with Crippen LogP contribution in [0.2, 0.25) is 0 Å². The number of carbonyl (C=O) groups is 1. The summed E-state index contributed by atoms with van der Waals surface area (Å²) in [5, 5.41) is 42.2. The van der Waals surface area contributed by atoms with Gasteiger partial charge in [-0.2, -0.15) is 0 Å². The minimum absolute atomic E-state index is 0.114. The summed E-state index contributed by atoms with van der Waals surface area (Å²) < 4.78 is 0. The van der Waals surface area contributed by atoms with Crippen molar-refractivity contribution in [2.45, 2.75) is 122 Å². The summed E-state index contributed by atoms with van der Waals surface area (Å²) in [4.78, 5) is 13.1. The number of aliphatic hydroxyl groups excluding tert-OH is 2. The zero-order valence-corrected chi connectivity index (χ0v) is 20.8. The van der Waals surface area contributed by atoms with Crippen LogP contribution in [0.3, 0.4) is 0 Å². The van der Waals surface area contributed by atoms with Gasteiger partial charge in [0.1, 0.15) is 5.78 Å². The van der Waals surface area contributed by atoms with Crippen LogP contribution in [0.15, 0.2) is 11.6 Å². The third kappa shape index (κ3) is 5.48. The minimum atomic E-state index is -0.826. The average Bonchev–Trinajstić information content (AvgIpc) is 3.03. The molecule has 0 amide bonds. The monoisotopic (exact) mass is 450 g/mol. The molecule has 3 rings (SSSR count). The first-order valence-electron chi connectivity index (χ1n) is 12.8. The lowest BCUT2D eigenvalue weighted by Crippen LogP contribution is -2.47. The van der Waals surface area contributed by atoms with E-state index in [0.717, 1.165) is 32.1 Å². The molecule has 32 heavy (non-hydrogen) atoms. The maximum absolute atomic E-state index is 13.1. The summed E-state index contributed by atoms with van der Waals surface area (Å²) in [5.74, 6) is 0.545. The highest BCUT2D eigenvalue weighted by molar-refractivity contribution is 5.81. The first-order chi connectivity index (χ1) is 14.7. The van der Waals surface area contributed by atoms with Gasteiger partial charge in [-0.1, -0.05) is 25.5 Å². The van der Waals surface area contributed by atoms with Crippen LogP contribution in [-0.4, -0.2) is 49.6 Å². The number of hydrogen-bond acceptors (Lipinski definition) is 5. The minimum Gasteiger partial charge on any atom is -0.390 e. The molecular formula is C27H46O5. The summed E-state index contributed by atoms with van der Waals surface area (Å²) in [7, 11) is 0. The van der Waals surface area contributed by atoms with E-state index in [4.69, 9.17) is 0 Å². The molecule has 2 saturated carbocycles. The van der Waals surface area contributed by atoms with Gasteiger partial charge < -0.3 is 20.4 Å². The first kappa shape index (κ1) is 25.9. The highest BCUT2D eigenvalue weighted by Crippen LogP contribution is 2.60. The number of Topliss-reactive ketones (excluding diaryl/α,β-unsaturated/α-hetero) is 1. The Morgan fingerprint density at radius 3 is 2.41 bits per heavy atom. The van der Waals surface area contributed by atoms with Crippen molar-refractivity contribution < 1.29 is 25.2 Å². The topological polar surface area (TPSA) is 98.0 Å². The van der Waals surface area contributed by atoms with Gasteiger partial charge >= 0.3 is 0 Å². The Morgan fingerprint density at radius 2 is 1.75 bits per heavy atom. The van der Waals surface area contributed by atoms with Gasteiger partial charge in [0, 0.05) is 12.3 Å². The molecule has 0 bridgehead atoms. The summed E-state index contributed by atoms with van der Waals surface area (Å²) in [6.07, 6.45) is 7.84. The fourth-order valence-corrected chi connectivity index (χ4v) is 7.03. The molecule has 184 valence electrons. The first-order valence-corrected chi connectivity index (χ1v) is 12.8. The third-order valence-electron chi connectivity index (χ3n) is 9.07. The van der Waals surface area contributed by atoms with Crippen LogP contribution in [0.25, 0.3) is 0 Å². The van der Waals surface area contributed by atoms with Gasteiger partial charge in [-0.05, 0) is 102 Å². The van der Waals surface area contributed by atoms with Gasteiger partial charge in [0.25, 0.3) is 0 Å². The number of allylic oxidation sites excluding steroid dienone is 2. The number of carbonyl (C=O) groups excluding carboxylic acids is 1. The SMILES string of the molecule is CC1CC(O)C(O)CCC2CCC3(C)C(=CCC3C(C)(O)CCCC(C)(C)O)C2CC1=O. The Bertz CT molecular complexity index is 705. The molecule has 0 heterocycles. The van der Waals surface area contributed by atoms with Crippen LogP contribution in [-0.2, 0) is 4.79 Å². The van der Waals surface area contributed by atoms with Crippen LogP contribution in [0.4, 0.5) is 0 Å². The Labute approximate surface area is 194 Å². The Hall–Kier alpha value is -0.750. The summed E-state index contributed by atoms with van der Waals surface area (Å²) in [6, 6.07) is 0. The van der Waals surface area contributed by atoms with Gasteiger partial charge in [-0.3, -0.25) is 4.79 Å². The van der Waals surface area contributed by atoms with E-state index in [2.05, 4.69) is 13.0 Å². The second-order valence-corrected chi connectivity index (χ2v) is 12.3. The zero-order valence-electron chi connectivity index (χ0n) is 20.8. The number of hydrogen-bond donors (Lipinski definition) is 4. The third-order valence-corrected chi connectivity index (χ3v) is 9.07. The maximum atomic E-state index is 13.1. The maximum Gasteiger partial charge on any atom is 0.136 e. The van der Waals surface area contributed by atoms with Crippen LogP contribution in [0.5, 0.6) is 0 Å². The lowest BCUT2D eigenvalue weighted by molar-refractivity contribution is -0.126. The fourth-order valence-electron chi connectivity index (χ4n) is 7.03. The standard InChI is InChI=1S/C27H46O5/c1-17-15-23(30)21(28)9-7-18-11-14-26(4)20(19(18)16-22(17)29)8-10-24(26)27(5,32)13-6-12-25(2,3)31/h8,17-19,21,23-24,28,30-32H,6-7,9-16H2,1-5H3. The normalized spacial score (nSPS) is 40.8. The molecule has 0 radical (unpaired) electrons. The summed E-state index contributed by atoms with van der Waals surface area (Å²) >= 11 is 0. The molecule has 8 unspecified atom stereocenters. The predicted octanol–water partition coefficient (Wildman–Crippen LogP) is 4.16. The van der Waals surface area contributed by atoms with Gasteiger partial charge in [0.05, 0.1) is 23.4 Å². The summed E-state index contributed by atoms with van der Waals surface area (Å²) in [6.45, 7) is 9.73. The molecule has 0 aliphatic heterocycles. The molecule has 3 aliphatic carbocycles. The van der Waals surface area contributed by atoms with Gasteiger partial charge in [0.2, 0.25) is 0 Å². The largest absolute Gasteiger partial charge is 0.390 e. The molecule has 5 heteroatoms. The van der Waals surface area contributed by atoms with E-state index in [1.54, 1.807) is 0 Å². The van der Waals surface area contributed by atoms with Crippen LogP contribution < -0.4 is 0 Å². The van der Waals surface area contributed by atoms with Crippen LogP contribution >= 0.6 is 0 Å². The molecule has 0 aromatic heterocycles. The molecule has 4 N–H and O–H groups in total. The fraction of sp³-hybridized carbons (Fsp3) is 0.889. The van der Waals surface area contributed by atoms with Crippen molar-refractivity contribution >= 4 is 5.78 Å². The predicted molar refractivity (Wildman–Crippen MR) is 126 cm³/mol. The molecule has 5 nitrogen and oxygen atoms in total.